The van der Waals surface area contributed by atoms with Crippen LogP contribution in [-0.4, -0.2) is 79.2 Å². The Hall–Kier alpha value is -3.12. The Balaban J connectivity index is 1.92. The van der Waals surface area contributed by atoms with Gasteiger partial charge in [-0.1, -0.05) is 0 Å². The third-order valence-electron chi connectivity index (χ3n) is 4.75. The molecule has 11 nitrogen and oxygen atoms in total. The molecule has 0 atom stereocenters. The maximum absolute atomic E-state index is 13.2. The first-order valence-corrected chi connectivity index (χ1v) is 10.1. The van der Waals surface area contributed by atoms with Gasteiger partial charge in [-0.05, 0) is 12.1 Å². The molecule has 6 N–H and O–H groups in total. The number of ketones is 2. The van der Waals surface area contributed by atoms with Crippen molar-refractivity contribution in [2.24, 2.45) is 0 Å². The van der Waals surface area contributed by atoms with Crippen LogP contribution in [0.5, 0.6) is 0 Å². The first kappa shape index (κ1) is 22.6. The van der Waals surface area contributed by atoms with Crippen LogP contribution >= 0.6 is 0 Å². The maximum atomic E-state index is 13.2. The normalized spacial score (nSPS) is 12.5. The van der Waals surface area contributed by atoms with Crippen LogP contribution in [0.25, 0.3) is 0 Å². The number of aliphatic hydroxyl groups excluding tert-OH is 2. The molecule has 1 aliphatic rings. The van der Waals surface area contributed by atoms with Gasteiger partial charge in [0.15, 0.2) is 11.9 Å². The number of anilines is 2. The predicted molar refractivity (Wildman–Crippen MR) is 113 cm³/mol. The summed E-state index contributed by atoms with van der Waals surface area (Å²) in [5, 5.41) is 42.2. The van der Waals surface area contributed by atoms with Crippen LogP contribution in [0.1, 0.15) is 32.1 Å². The Labute approximate surface area is 179 Å². The van der Waals surface area contributed by atoms with E-state index in [1.807, 2.05) is 0 Å². The first-order chi connectivity index (χ1) is 15.1. The second-order valence-corrected chi connectivity index (χ2v) is 6.82. The minimum atomic E-state index is -0.569. The van der Waals surface area contributed by atoms with Crippen LogP contribution in [0.2, 0.25) is 0 Å². The zero-order chi connectivity index (χ0) is 22.2. The topological polar surface area (TPSA) is 163 Å². The molecule has 11 heteroatoms. The van der Waals surface area contributed by atoms with E-state index in [1.165, 1.54) is 6.20 Å². The molecule has 0 bridgehead atoms. The van der Waals surface area contributed by atoms with Crippen LogP contribution in [0, 0.1) is 5.21 Å². The van der Waals surface area contributed by atoms with Crippen molar-refractivity contribution in [3.05, 3.63) is 52.2 Å². The molecule has 166 valence electrons. The van der Waals surface area contributed by atoms with Crippen LogP contribution in [0.3, 0.4) is 0 Å². The number of nitrogens with zero attached hydrogens (tertiary/aromatic N) is 2. The number of fused-ring (bicyclic) bond motifs is 2. The predicted octanol–water partition coefficient (Wildman–Crippen LogP) is -1.52. The lowest BCUT2D eigenvalue weighted by Crippen LogP contribution is -2.41. The third-order valence-corrected chi connectivity index (χ3v) is 4.75. The van der Waals surface area contributed by atoms with Crippen molar-refractivity contribution >= 4 is 22.9 Å². The third kappa shape index (κ3) is 4.97. The zero-order valence-corrected chi connectivity index (χ0v) is 17.0. The molecule has 0 saturated heterocycles. The van der Waals surface area contributed by atoms with Crippen molar-refractivity contribution in [2.75, 3.05) is 63.1 Å². The summed E-state index contributed by atoms with van der Waals surface area (Å²) in [4.78, 5) is 30.4. The van der Waals surface area contributed by atoms with E-state index in [2.05, 4.69) is 26.3 Å². The number of hydrogen-bond acceptors (Lipinski definition) is 10. The molecule has 3 rings (SSSR count). The second kappa shape index (κ2) is 10.8. The van der Waals surface area contributed by atoms with Crippen molar-refractivity contribution in [3.63, 3.8) is 0 Å². The Bertz CT molecular complexity index is 952. The molecular weight excluding hydrogens is 404 g/mol. The zero-order valence-electron chi connectivity index (χ0n) is 17.0. The lowest BCUT2D eigenvalue weighted by atomic mass is 9.87. The molecule has 0 spiro atoms. The number of hydrogen-bond donors (Lipinski definition) is 6. The molecule has 0 radical (unpaired) electrons. The van der Waals surface area contributed by atoms with E-state index in [0.717, 1.165) is 6.20 Å². The standard InChI is InChI=1S/C20H26N6O5/c27-11-8-21-3-5-23-13-1-2-14(24-6-4-22-9-12-28)16-15(13)19(29)17-18(20(16)30)26(31)10-7-25-17/h1-2,7,10,21-24,27-28H,3-6,8-9,11-12H2. The summed E-state index contributed by atoms with van der Waals surface area (Å²) >= 11 is 0. The molecule has 0 fully saturated rings. The number of aromatic nitrogens is 2. The average molecular weight is 430 g/mol. The summed E-state index contributed by atoms with van der Waals surface area (Å²) < 4.78 is 0.372. The molecular formula is C20H26N6O5. The molecule has 0 aliphatic heterocycles. The minimum absolute atomic E-state index is 0.0171. The first-order valence-electron chi connectivity index (χ1n) is 10.1. The smallest absolute Gasteiger partial charge is 0.295 e. The van der Waals surface area contributed by atoms with E-state index in [-0.39, 0.29) is 35.7 Å². The summed E-state index contributed by atoms with van der Waals surface area (Å²) in [6, 6.07) is 3.40. The molecule has 1 aromatic heterocycles. The van der Waals surface area contributed by atoms with E-state index in [4.69, 9.17) is 10.2 Å². The summed E-state index contributed by atoms with van der Waals surface area (Å²) in [6.07, 6.45) is 2.29. The van der Waals surface area contributed by atoms with Crippen LogP contribution < -0.4 is 26.0 Å². The minimum Gasteiger partial charge on any atom is -0.618 e. The highest BCUT2D eigenvalue weighted by atomic mass is 16.5. The highest BCUT2D eigenvalue weighted by Gasteiger charge is 2.40. The SMILES string of the molecule is O=C1c2ncc[n+]([O-])c2C(=O)c2c(NCCNCCO)ccc(NCCNCCO)c21. The van der Waals surface area contributed by atoms with Crippen LogP contribution in [0.15, 0.2) is 24.5 Å². The largest absolute Gasteiger partial charge is 0.618 e. The highest BCUT2D eigenvalue weighted by Crippen LogP contribution is 2.34. The van der Waals surface area contributed by atoms with Gasteiger partial charge in [0.05, 0.1) is 30.5 Å². The van der Waals surface area contributed by atoms with E-state index >= 15 is 0 Å². The summed E-state index contributed by atoms with van der Waals surface area (Å²) in [6.45, 7) is 2.92. The molecule has 2 aromatic rings. The van der Waals surface area contributed by atoms with E-state index in [0.29, 0.717) is 55.4 Å². The lowest BCUT2D eigenvalue weighted by molar-refractivity contribution is -0.608. The van der Waals surface area contributed by atoms with E-state index < -0.39 is 11.6 Å². The van der Waals surface area contributed by atoms with Gasteiger partial charge in [0.2, 0.25) is 5.78 Å². The summed E-state index contributed by atoms with van der Waals surface area (Å²) in [7, 11) is 0. The molecule has 0 saturated carbocycles. The number of rotatable bonds is 12. The number of benzene rings is 1. The van der Waals surface area contributed by atoms with Crippen molar-refractivity contribution < 1.29 is 24.5 Å². The molecule has 1 heterocycles. The summed E-state index contributed by atoms with van der Waals surface area (Å²) in [5.41, 5.74) is 0.758. The quantitative estimate of drug-likeness (QED) is 0.113. The summed E-state index contributed by atoms with van der Waals surface area (Å²) in [5.74, 6) is -1.07. The van der Waals surface area contributed by atoms with E-state index in [1.54, 1.807) is 12.1 Å². The fourth-order valence-corrected chi connectivity index (χ4v) is 3.37. The number of nitrogens with one attached hydrogen (secondary N) is 4. The highest BCUT2D eigenvalue weighted by molar-refractivity contribution is 6.30. The van der Waals surface area contributed by atoms with Crippen LogP contribution in [-0.2, 0) is 0 Å². The Morgan fingerprint density at radius 1 is 0.839 bits per heavy atom. The van der Waals surface area contributed by atoms with Crippen molar-refractivity contribution in [1.29, 1.82) is 0 Å². The number of carbonyl (C=O) groups excluding carboxylic acids is 2. The van der Waals surface area contributed by atoms with Gasteiger partial charge in [-0.2, -0.15) is 4.73 Å². The van der Waals surface area contributed by atoms with Gasteiger partial charge >= 0.3 is 0 Å². The van der Waals surface area contributed by atoms with Gasteiger partial charge in [-0.15, -0.1) is 0 Å². The van der Waals surface area contributed by atoms with Crippen molar-refractivity contribution in [3.8, 4) is 0 Å². The van der Waals surface area contributed by atoms with Crippen molar-refractivity contribution in [1.82, 2.24) is 15.6 Å². The maximum Gasteiger partial charge on any atom is 0.295 e. The Morgan fingerprint density at radius 3 is 1.94 bits per heavy atom. The van der Waals surface area contributed by atoms with Gasteiger partial charge in [-0.3, -0.25) is 9.59 Å². The van der Waals surface area contributed by atoms with Crippen LogP contribution in [0.4, 0.5) is 11.4 Å². The molecule has 31 heavy (non-hydrogen) atoms. The van der Waals surface area contributed by atoms with Gasteiger partial charge < -0.3 is 36.7 Å². The van der Waals surface area contributed by atoms with Crippen molar-refractivity contribution in [2.45, 2.75) is 0 Å². The average Bonchev–Trinajstić information content (AvgIpc) is 2.77. The Kier molecular flexibility index (Phi) is 7.84. The molecule has 0 amide bonds. The number of carbonyl (C=O) groups is 2. The monoisotopic (exact) mass is 430 g/mol. The van der Waals surface area contributed by atoms with Gasteiger partial charge in [0.25, 0.3) is 11.5 Å². The molecule has 1 aliphatic carbocycles. The van der Waals surface area contributed by atoms with Gasteiger partial charge in [0, 0.05) is 50.6 Å². The Morgan fingerprint density at radius 2 is 1.39 bits per heavy atom. The fraction of sp³-hybridized carbons (Fsp3) is 0.400. The molecule has 0 unspecified atom stereocenters. The lowest BCUT2D eigenvalue weighted by Gasteiger charge is -2.22. The van der Waals surface area contributed by atoms with Gasteiger partial charge in [-0.25, -0.2) is 4.98 Å². The van der Waals surface area contributed by atoms with E-state index in [9.17, 15) is 14.8 Å². The fourth-order valence-electron chi connectivity index (χ4n) is 3.37. The number of aliphatic hydroxyl groups is 2. The van der Waals surface area contributed by atoms with Gasteiger partial charge in [0.1, 0.15) is 0 Å². The molecule has 1 aromatic carbocycles. The second-order valence-electron chi connectivity index (χ2n) is 6.82.